The first-order chi connectivity index (χ1) is 3.79. The second-order valence-corrected chi connectivity index (χ2v) is 2.58. The van der Waals surface area contributed by atoms with E-state index in [1.54, 1.807) is 0 Å². The van der Waals surface area contributed by atoms with Crippen LogP contribution in [0.1, 0.15) is 12.8 Å². The van der Waals surface area contributed by atoms with Crippen LogP contribution in [-0.4, -0.2) is 15.4 Å². The minimum atomic E-state index is -2.30. The van der Waals surface area contributed by atoms with Crippen LogP contribution in [0.4, 0.5) is 0 Å². The topological polar surface area (TPSA) is 49.4 Å². The predicted octanol–water partition coefficient (Wildman–Crippen LogP) is 0.207. The van der Waals surface area contributed by atoms with Crippen molar-refractivity contribution in [2.24, 2.45) is 5.92 Å². The molecule has 1 atom stereocenters. The molecule has 1 fully saturated rings. The average Bonchev–Trinajstić information content (AvgIpc) is 2.41. The van der Waals surface area contributed by atoms with Crippen LogP contribution in [0, 0.1) is 5.92 Å². The van der Waals surface area contributed by atoms with Crippen molar-refractivity contribution in [1.29, 1.82) is 0 Å². The fourth-order valence-electron chi connectivity index (χ4n) is 0.436. The van der Waals surface area contributed by atoms with Crippen molar-refractivity contribution in [3.05, 3.63) is 0 Å². The van der Waals surface area contributed by atoms with Crippen molar-refractivity contribution in [2.75, 3.05) is 6.61 Å². The fourth-order valence-corrected chi connectivity index (χ4v) is 0.740. The lowest BCUT2D eigenvalue weighted by atomic mass is 10.5. The molecule has 4 heteroatoms. The number of hydrogen-bond acceptors (Lipinski definition) is 3. The quantitative estimate of drug-likeness (QED) is 0.520. The first-order valence-electron chi connectivity index (χ1n) is 2.51. The summed E-state index contributed by atoms with van der Waals surface area (Å²) in [6.07, 6.45) is 2.24. The summed E-state index contributed by atoms with van der Waals surface area (Å²) in [4.78, 5) is 0. The molecular weight excluding hydrogens is 128 g/mol. The molecule has 0 aliphatic heterocycles. The molecule has 0 amide bonds. The molecular formula is C4H7O3S-. The Morgan fingerprint density at radius 2 is 2.38 bits per heavy atom. The van der Waals surface area contributed by atoms with Gasteiger partial charge in [0.05, 0.1) is 18.0 Å². The highest BCUT2D eigenvalue weighted by Crippen LogP contribution is 2.28. The van der Waals surface area contributed by atoms with Crippen molar-refractivity contribution in [1.82, 2.24) is 0 Å². The van der Waals surface area contributed by atoms with Crippen LogP contribution in [0.3, 0.4) is 0 Å². The monoisotopic (exact) mass is 135 g/mol. The zero-order valence-corrected chi connectivity index (χ0v) is 5.15. The molecule has 0 saturated heterocycles. The zero-order chi connectivity index (χ0) is 5.98. The van der Waals surface area contributed by atoms with E-state index in [1.807, 2.05) is 0 Å². The maximum Gasteiger partial charge on any atom is 0.0842 e. The SMILES string of the molecule is O=S([O-])OCC1CC1. The minimum Gasteiger partial charge on any atom is -0.750 e. The second-order valence-electron chi connectivity index (χ2n) is 1.93. The van der Waals surface area contributed by atoms with Crippen LogP contribution >= 0.6 is 0 Å². The molecule has 1 unspecified atom stereocenters. The van der Waals surface area contributed by atoms with E-state index in [0.29, 0.717) is 12.5 Å². The highest BCUT2D eigenvalue weighted by Gasteiger charge is 2.21. The van der Waals surface area contributed by atoms with Crippen LogP contribution in [0.2, 0.25) is 0 Å². The minimum absolute atomic E-state index is 0.385. The zero-order valence-electron chi connectivity index (χ0n) is 4.33. The van der Waals surface area contributed by atoms with Gasteiger partial charge in [-0.25, -0.2) is 4.21 Å². The Hall–Kier alpha value is 0.0700. The highest BCUT2D eigenvalue weighted by molar-refractivity contribution is 7.74. The van der Waals surface area contributed by atoms with Gasteiger partial charge in [0.1, 0.15) is 0 Å². The highest BCUT2D eigenvalue weighted by atomic mass is 32.2. The lowest BCUT2D eigenvalue weighted by molar-refractivity contribution is 0.286. The first-order valence-corrected chi connectivity index (χ1v) is 3.51. The Morgan fingerprint density at radius 3 is 2.75 bits per heavy atom. The van der Waals surface area contributed by atoms with Crippen LogP contribution in [0.25, 0.3) is 0 Å². The maximum absolute atomic E-state index is 9.71. The van der Waals surface area contributed by atoms with Crippen molar-refractivity contribution < 1.29 is 12.9 Å². The van der Waals surface area contributed by atoms with Crippen molar-refractivity contribution in [3.8, 4) is 0 Å². The van der Waals surface area contributed by atoms with E-state index in [-0.39, 0.29) is 0 Å². The van der Waals surface area contributed by atoms with Gasteiger partial charge in [0.2, 0.25) is 0 Å². The van der Waals surface area contributed by atoms with Crippen LogP contribution < -0.4 is 0 Å². The Kier molecular flexibility index (Phi) is 1.99. The molecule has 3 nitrogen and oxygen atoms in total. The van der Waals surface area contributed by atoms with Gasteiger partial charge in [-0.3, -0.25) is 0 Å². The summed E-state index contributed by atoms with van der Waals surface area (Å²) < 4.78 is 23.7. The number of rotatable bonds is 3. The molecule has 0 aromatic rings. The van der Waals surface area contributed by atoms with Gasteiger partial charge in [-0.2, -0.15) is 0 Å². The summed E-state index contributed by atoms with van der Waals surface area (Å²) in [7, 11) is 0. The molecule has 8 heavy (non-hydrogen) atoms. The van der Waals surface area contributed by atoms with Crippen molar-refractivity contribution >= 4 is 11.4 Å². The lowest BCUT2D eigenvalue weighted by Crippen LogP contribution is -1.98. The summed E-state index contributed by atoms with van der Waals surface area (Å²) in [5.41, 5.74) is 0. The Bertz CT molecular complexity index is 99.5. The second kappa shape index (κ2) is 2.57. The van der Waals surface area contributed by atoms with Crippen molar-refractivity contribution in [2.45, 2.75) is 12.8 Å². The summed E-state index contributed by atoms with van der Waals surface area (Å²) in [6, 6.07) is 0. The van der Waals surface area contributed by atoms with Gasteiger partial charge < -0.3 is 8.74 Å². The molecule has 0 spiro atoms. The van der Waals surface area contributed by atoms with E-state index in [4.69, 9.17) is 0 Å². The van der Waals surface area contributed by atoms with E-state index >= 15 is 0 Å². The molecule has 1 rings (SSSR count). The fraction of sp³-hybridized carbons (Fsp3) is 1.00. The van der Waals surface area contributed by atoms with Crippen LogP contribution in [0.15, 0.2) is 0 Å². The Labute approximate surface area is 50.5 Å². The molecule has 1 saturated carbocycles. The van der Waals surface area contributed by atoms with Gasteiger partial charge in [-0.15, -0.1) is 0 Å². The maximum atomic E-state index is 9.71. The molecule has 0 bridgehead atoms. The normalized spacial score (nSPS) is 23.1. The van der Waals surface area contributed by atoms with Gasteiger partial charge in [0.15, 0.2) is 0 Å². The van der Waals surface area contributed by atoms with E-state index in [0.717, 1.165) is 12.8 Å². The Morgan fingerprint density at radius 1 is 1.75 bits per heavy atom. The third-order valence-corrected chi connectivity index (χ3v) is 1.43. The van der Waals surface area contributed by atoms with E-state index in [1.165, 1.54) is 0 Å². The predicted molar refractivity (Wildman–Crippen MR) is 27.6 cm³/mol. The van der Waals surface area contributed by atoms with Gasteiger partial charge in [0.25, 0.3) is 0 Å². The standard InChI is InChI=1S/C4H8O3S/c5-8(6)7-3-4-1-2-4/h4H,1-3H2,(H,5,6)/p-1. The summed E-state index contributed by atoms with van der Waals surface area (Å²) in [5.74, 6) is 0.521. The van der Waals surface area contributed by atoms with Crippen LogP contribution in [-0.2, 0) is 15.5 Å². The molecule has 0 aromatic heterocycles. The number of hydrogen-bond donors (Lipinski definition) is 0. The molecule has 0 N–H and O–H groups in total. The molecule has 1 aliphatic carbocycles. The third-order valence-electron chi connectivity index (χ3n) is 1.10. The van der Waals surface area contributed by atoms with Gasteiger partial charge in [-0.05, 0) is 18.8 Å². The molecule has 0 heterocycles. The lowest BCUT2D eigenvalue weighted by Gasteiger charge is -2.02. The largest absolute Gasteiger partial charge is 0.750 e. The van der Waals surface area contributed by atoms with E-state index in [2.05, 4.69) is 4.18 Å². The first kappa shape index (κ1) is 6.19. The van der Waals surface area contributed by atoms with E-state index in [9.17, 15) is 8.76 Å². The molecule has 1 aliphatic rings. The molecule has 0 aromatic carbocycles. The Balaban J connectivity index is 1.95. The van der Waals surface area contributed by atoms with Gasteiger partial charge >= 0.3 is 0 Å². The third kappa shape index (κ3) is 2.40. The molecule has 48 valence electrons. The van der Waals surface area contributed by atoms with Crippen molar-refractivity contribution in [3.63, 3.8) is 0 Å². The summed E-state index contributed by atoms with van der Waals surface area (Å²) >= 11 is -2.30. The smallest absolute Gasteiger partial charge is 0.0842 e. The van der Waals surface area contributed by atoms with E-state index < -0.39 is 11.4 Å². The molecule has 0 radical (unpaired) electrons. The van der Waals surface area contributed by atoms with Gasteiger partial charge in [-0.1, -0.05) is 0 Å². The van der Waals surface area contributed by atoms with Crippen LogP contribution in [0.5, 0.6) is 0 Å². The van der Waals surface area contributed by atoms with Gasteiger partial charge in [0, 0.05) is 0 Å². The average molecular weight is 135 g/mol. The summed E-state index contributed by atoms with van der Waals surface area (Å²) in [5, 5.41) is 0. The summed E-state index contributed by atoms with van der Waals surface area (Å²) in [6.45, 7) is 0.385.